The van der Waals surface area contributed by atoms with Crippen LogP contribution in [0, 0.1) is 0 Å². The van der Waals surface area contributed by atoms with Crippen molar-refractivity contribution < 1.29 is 32.7 Å². The maximum absolute atomic E-state index is 12.4. The molecular weight excluding hydrogens is 456 g/mol. The van der Waals surface area contributed by atoms with E-state index in [1.54, 1.807) is 0 Å². The number of aromatic carboxylic acids is 1. The maximum Gasteiger partial charge on any atom is 0.408 e. The second kappa shape index (κ2) is 11.1. The van der Waals surface area contributed by atoms with Crippen LogP contribution in [-0.2, 0) is 11.3 Å². The second-order valence-corrected chi connectivity index (χ2v) is 7.71. The predicted octanol–water partition coefficient (Wildman–Crippen LogP) is 5.23. The number of carboxylic acids is 1. The first-order chi connectivity index (χ1) is 17.0. The van der Waals surface area contributed by atoms with Gasteiger partial charge in [0.1, 0.15) is 31.4 Å². The molecule has 2 N–H and O–H groups in total. The largest absolute Gasteiger partial charge is 0.476 e. The number of carbonyl (C=O) groups is 2. The fourth-order valence-electron chi connectivity index (χ4n) is 3.29. The van der Waals surface area contributed by atoms with Crippen molar-refractivity contribution in [3.63, 3.8) is 0 Å². The average Bonchev–Trinajstić information content (AvgIpc) is 3.63. The van der Waals surface area contributed by atoms with Gasteiger partial charge in [0, 0.05) is 0 Å². The summed E-state index contributed by atoms with van der Waals surface area (Å²) in [6.45, 7) is 2.24. The van der Waals surface area contributed by atoms with Crippen molar-refractivity contribution in [2.45, 2.75) is 45.3 Å². The summed E-state index contributed by atoms with van der Waals surface area (Å²) in [5.74, 6) is -0.795. The molecule has 0 saturated heterocycles. The van der Waals surface area contributed by atoms with Gasteiger partial charge in [-0.1, -0.05) is 56.5 Å². The van der Waals surface area contributed by atoms with Gasteiger partial charge in [-0.2, -0.15) is 0 Å². The molecule has 0 fully saturated rings. The predicted molar refractivity (Wildman–Crippen MR) is 121 cm³/mol. The standard InChI is InChI=1S/C24H24N4O7/c1-2-3-5-10-16(28-24(31)35-11-15-8-6-4-7-9-15)20-25-17(12-32-20)21-26-18(13-33-21)22-27-19(14-34-22)23(29)30/h4,6-9,12-14,16H,2-3,5,10-11H2,1H3,(H,28,31)(H,29,30). The van der Waals surface area contributed by atoms with Gasteiger partial charge in [-0.15, -0.1) is 0 Å². The van der Waals surface area contributed by atoms with Crippen molar-refractivity contribution in [1.82, 2.24) is 20.3 Å². The Balaban J connectivity index is 1.44. The number of oxazole rings is 3. The highest BCUT2D eigenvalue weighted by Crippen LogP contribution is 2.27. The van der Waals surface area contributed by atoms with Crippen LogP contribution >= 0.6 is 0 Å². The molecule has 3 aromatic heterocycles. The SMILES string of the molecule is CCCCCC(NC(=O)OCc1ccccc1)c1nc(-c2nc(-c3nc(C(=O)O)co3)co2)co1. The number of aromatic nitrogens is 3. The molecule has 3 heterocycles. The number of carboxylic acid groups (broad SMARTS) is 1. The third-order valence-electron chi connectivity index (χ3n) is 5.09. The van der Waals surface area contributed by atoms with Crippen LogP contribution in [0.2, 0.25) is 0 Å². The normalized spacial score (nSPS) is 11.8. The fourth-order valence-corrected chi connectivity index (χ4v) is 3.29. The number of benzene rings is 1. The number of hydrogen-bond donors (Lipinski definition) is 2. The van der Waals surface area contributed by atoms with Crippen LogP contribution in [-0.4, -0.2) is 32.1 Å². The van der Waals surface area contributed by atoms with E-state index in [0.717, 1.165) is 31.1 Å². The molecule has 1 unspecified atom stereocenters. The summed E-state index contributed by atoms with van der Waals surface area (Å²) < 4.78 is 21.5. The van der Waals surface area contributed by atoms with E-state index in [1.807, 2.05) is 30.3 Å². The second-order valence-electron chi connectivity index (χ2n) is 7.71. The molecule has 4 rings (SSSR count). The molecule has 11 heteroatoms. The molecule has 1 atom stereocenters. The van der Waals surface area contributed by atoms with Crippen LogP contribution < -0.4 is 5.32 Å². The zero-order valence-electron chi connectivity index (χ0n) is 19.0. The van der Waals surface area contributed by atoms with Gasteiger partial charge < -0.3 is 28.4 Å². The van der Waals surface area contributed by atoms with Crippen molar-refractivity contribution in [3.05, 3.63) is 66.3 Å². The molecule has 0 spiro atoms. The first-order valence-corrected chi connectivity index (χ1v) is 11.1. The monoisotopic (exact) mass is 480 g/mol. The highest BCUT2D eigenvalue weighted by Gasteiger charge is 2.23. The topological polar surface area (TPSA) is 154 Å². The summed E-state index contributed by atoms with van der Waals surface area (Å²) in [5.41, 5.74) is 1.15. The van der Waals surface area contributed by atoms with Crippen molar-refractivity contribution >= 4 is 12.1 Å². The molecule has 0 aliphatic rings. The molecule has 4 aromatic rings. The lowest BCUT2D eigenvalue weighted by molar-refractivity contribution is 0.0690. The highest BCUT2D eigenvalue weighted by molar-refractivity contribution is 5.85. The van der Waals surface area contributed by atoms with Gasteiger partial charge >= 0.3 is 12.1 Å². The highest BCUT2D eigenvalue weighted by atomic mass is 16.5. The quantitative estimate of drug-likeness (QED) is 0.273. The van der Waals surface area contributed by atoms with Gasteiger partial charge in [-0.3, -0.25) is 0 Å². The molecule has 0 aliphatic carbocycles. The number of alkyl carbamates (subject to hydrolysis) is 1. The summed E-state index contributed by atoms with van der Waals surface area (Å²) in [5, 5.41) is 11.8. The lowest BCUT2D eigenvalue weighted by atomic mass is 10.1. The Morgan fingerprint density at radius 1 is 0.971 bits per heavy atom. The molecular formula is C24H24N4O7. The Labute approximate surface area is 200 Å². The van der Waals surface area contributed by atoms with Crippen LogP contribution in [0.5, 0.6) is 0 Å². The third kappa shape index (κ3) is 6.14. The zero-order valence-corrected chi connectivity index (χ0v) is 19.0. The van der Waals surface area contributed by atoms with E-state index in [-0.39, 0.29) is 35.7 Å². The van der Waals surface area contributed by atoms with E-state index >= 15 is 0 Å². The maximum atomic E-state index is 12.4. The number of unbranched alkanes of at least 4 members (excludes halogenated alkanes) is 2. The lowest BCUT2D eigenvalue weighted by Crippen LogP contribution is -2.29. The Morgan fingerprint density at radius 2 is 1.69 bits per heavy atom. The molecule has 11 nitrogen and oxygen atoms in total. The van der Waals surface area contributed by atoms with Crippen LogP contribution in [0.25, 0.3) is 23.2 Å². The Morgan fingerprint density at radius 3 is 2.43 bits per heavy atom. The molecule has 0 aliphatic heterocycles. The van der Waals surface area contributed by atoms with E-state index < -0.39 is 18.1 Å². The van der Waals surface area contributed by atoms with E-state index in [1.165, 1.54) is 12.5 Å². The van der Waals surface area contributed by atoms with Gasteiger partial charge in [-0.25, -0.2) is 24.5 Å². The number of hydrogen-bond acceptors (Lipinski definition) is 9. The molecule has 1 amide bonds. The lowest BCUT2D eigenvalue weighted by Gasteiger charge is -2.15. The first-order valence-electron chi connectivity index (χ1n) is 11.1. The number of carbonyl (C=O) groups excluding carboxylic acids is 1. The van der Waals surface area contributed by atoms with Crippen molar-refractivity contribution in [1.29, 1.82) is 0 Å². The fraction of sp³-hybridized carbons (Fsp3) is 0.292. The van der Waals surface area contributed by atoms with Crippen LogP contribution in [0.3, 0.4) is 0 Å². The van der Waals surface area contributed by atoms with E-state index in [2.05, 4.69) is 27.2 Å². The number of amides is 1. The summed E-state index contributed by atoms with van der Waals surface area (Å²) >= 11 is 0. The van der Waals surface area contributed by atoms with E-state index in [9.17, 15) is 9.59 Å². The summed E-state index contributed by atoms with van der Waals surface area (Å²) in [7, 11) is 0. The summed E-state index contributed by atoms with van der Waals surface area (Å²) in [6, 6.07) is 8.88. The molecule has 0 radical (unpaired) electrons. The smallest absolute Gasteiger partial charge is 0.408 e. The van der Waals surface area contributed by atoms with Gasteiger partial charge in [0.05, 0.1) is 0 Å². The number of ether oxygens (including phenoxy) is 1. The Kier molecular flexibility index (Phi) is 7.56. The molecule has 0 saturated carbocycles. The minimum Gasteiger partial charge on any atom is -0.476 e. The minimum atomic E-state index is -1.21. The first kappa shape index (κ1) is 23.7. The molecule has 1 aromatic carbocycles. The number of nitrogens with one attached hydrogen (secondary N) is 1. The van der Waals surface area contributed by atoms with Crippen LogP contribution in [0.15, 0.2) is 62.4 Å². The van der Waals surface area contributed by atoms with E-state index in [0.29, 0.717) is 12.1 Å². The van der Waals surface area contributed by atoms with Gasteiger partial charge in [0.15, 0.2) is 17.1 Å². The van der Waals surface area contributed by atoms with Crippen LogP contribution in [0.4, 0.5) is 4.79 Å². The molecule has 182 valence electrons. The Hall–Kier alpha value is -4.41. The summed E-state index contributed by atoms with van der Waals surface area (Å²) in [4.78, 5) is 35.9. The summed E-state index contributed by atoms with van der Waals surface area (Å²) in [6.07, 6.45) is 6.56. The molecule has 0 bridgehead atoms. The van der Waals surface area contributed by atoms with Crippen molar-refractivity contribution in [2.24, 2.45) is 0 Å². The average molecular weight is 480 g/mol. The van der Waals surface area contributed by atoms with Gasteiger partial charge in [0.2, 0.25) is 17.7 Å². The van der Waals surface area contributed by atoms with Crippen LogP contribution in [0.1, 0.15) is 60.6 Å². The van der Waals surface area contributed by atoms with E-state index in [4.69, 9.17) is 23.1 Å². The Bertz CT molecular complexity index is 1260. The molecule has 35 heavy (non-hydrogen) atoms. The van der Waals surface area contributed by atoms with Gasteiger partial charge in [-0.05, 0) is 12.0 Å². The number of nitrogens with zero attached hydrogens (tertiary/aromatic N) is 3. The zero-order chi connectivity index (χ0) is 24.6. The third-order valence-corrected chi connectivity index (χ3v) is 5.09. The van der Waals surface area contributed by atoms with Crippen molar-refractivity contribution in [3.8, 4) is 23.2 Å². The van der Waals surface area contributed by atoms with Gasteiger partial charge in [0.25, 0.3) is 0 Å². The van der Waals surface area contributed by atoms with Crippen molar-refractivity contribution in [2.75, 3.05) is 0 Å². The number of rotatable bonds is 11. The minimum absolute atomic E-state index is 0.00129.